The quantitative estimate of drug-likeness (QED) is 0.0260. The lowest BCUT2D eigenvalue weighted by atomic mass is 10.1. The van der Waals surface area contributed by atoms with Crippen LogP contribution in [-0.4, -0.2) is 87.9 Å². The summed E-state index contributed by atoms with van der Waals surface area (Å²) in [5.41, 5.74) is 0. The number of unbranched alkanes of at least 4 members (excludes halogenated alkanes) is 44. The number of hydrogen-bond donors (Lipinski definition) is 2. The van der Waals surface area contributed by atoms with Crippen LogP contribution in [0.4, 0.5) is 0 Å². The Morgan fingerprint density at radius 2 is 0.613 bits per heavy atom. The number of hydrogen-bond acceptors (Lipinski definition) is 10. The molecule has 0 aromatic heterocycles. The lowest BCUT2D eigenvalue weighted by molar-refractivity contribution is -0.151. The van der Waals surface area contributed by atoms with Crippen molar-refractivity contribution >= 4 is 30.0 Å². The molecule has 0 fully saturated rings. The third-order valence-corrected chi connectivity index (χ3v) is 18.2. The van der Waals surface area contributed by atoms with Crippen LogP contribution in [0.15, 0.2) is 12.3 Å². The first kappa shape index (κ1) is 92.1. The standard InChI is InChI=1S/C41H79NO5.C40H77NO5/c1-5-8-11-14-16-18-19-21-22-25-28-31-40(43)42-38(33-35-45-4)37-46-36-34-39(30-27-24-13-10-7-3)47-41(44)32-29-26-23-20-17-15-12-9-6-2;1-4-7-10-13-15-17-18-20-21-24-27-30-39(43)41-37(32-34-42)36-45-35-33-38(29-26-23-12-9-6-3)46-40(44)31-28-25-22-19-16-14-11-8-5-2/h33,35,38-39H,5-32,34,36-37H2,1-4H3,(H,42,43);34,37-38H,4-33,35-36H2,1-3H3,(H,41,43)/b35-33-;/t38-,39+;37-,38+/m00/s1. The Bertz CT molecular complexity index is 1600. The van der Waals surface area contributed by atoms with E-state index < -0.39 is 0 Å². The highest BCUT2D eigenvalue weighted by Gasteiger charge is 2.19. The number of carbonyl (C=O) groups is 5. The second-order valence-corrected chi connectivity index (χ2v) is 27.5. The topological polar surface area (TPSA) is 156 Å². The highest BCUT2D eigenvalue weighted by molar-refractivity contribution is 5.77. The van der Waals surface area contributed by atoms with Crippen LogP contribution in [0.2, 0.25) is 0 Å². The van der Waals surface area contributed by atoms with Crippen molar-refractivity contribution in [1.29, 1.82) is 0 Å². The van der Waals surface area contributed by atoms with Crippen molar-refractivity contribution in [2.45, 2.75) is 445 Å². The molecule has 0 rings (SSSR count). The van der Waals surface area contributed by atoms with Crippen molar-refractivity contribution in [2.24, 2.45) is 0 Å². The summed E-state index contributed by atoms with van der Waals surface area (Å²) >= 11 is 0. The molecule has 0 bridgehead atoms. The van der Waals surface area contributed by atoms with Gasteiger partial charge in [0.25, 0.3) is 0 Å². The van der Waals surface area contributed by atoms with Gasteiger partial charge in [-0.05, 0) is 57.4 Å². The Balaban J connectivity index is 0. The van der Waals surface area contributed by atoms with E-state index in [0.717, 1.165) is 89.8 Å². The van der Waals surface area contributed by atoms with Crippen molar-refractivity contribution in [1.82, 2.24) is 10.6 Å². The van der Waals surface area contributed by atoms with Crippen LogP contribution in [0.3, 0.4) is 0 Å². The predicted octanol–water partition coefficient (Wildman–Crippen LogP) is 23.3. The van der Waals surface area contributed by atoms with Gasteiger partial charge in [-0.1, -0.05) is 324 Å². The van der Waals surface area contributed by atoms with Gasteiger partial charge < -0.3 is 39.1 Å². The molecule has 0 heterocycles. The molecule has 0 radical (unpaired) electrons. The molecule has 12 nitrogen and oxygen atoms in total. The van der Waals surface area contributed by atoms with E-state index in [4.69, 9.17) is 23.7 Å². The van der Waals surface area contributed by atoms with Gasteiger partial charge in [-0.15, -0.1) is 0 Å². The van der Waals surface area contributed by atoms with E-state index in [0.29, 0.717) is 65.0 Å². The molecule has 4 atom stereocenters. The van der Waals surface area contributed by atoms with Gasteiger partial charge in [0.15, 0.2) is 0 Å². The highest BCUT2D eigenvalue weighted by atomic mass is 16.6. The van der Waals surface area contributed by atoms with Crippen LogP contribution >= 0.6 is 0 Å². The molecule has 0 aliphatic rings. The van der Waals surface area contributed by atoms with E-state index in [1.165, 1.54) is 250 Å². The van der Waals surface area contributed by atoms with E-state index in [1.807, 2.05) is 6.08 Å². The monoisotopic (exact) mass is 1320 g/mol. The number of amides is 2. The van der Waals surface area contributed by atoms with Crippen LogP contribution in [0.25, 0.3) is 0 Å². The molecule has 0 unspecified atom stereocenters. The van der Waals surface area contributed by atoms with Gasteiger partial charge in [-0.3, -0.25) is 19.2 Å². The fourth-order valence-corrected chi connectivity index (χ4v) is 12.1. The summed E-state index contributed by atoms with van der Waals surface area (Å²) < 4.78 is 28.9. The molecule has 2 N–H and O–H groups in total. The molecular formula is C81H156N2O10. The molecule has 0 spiro atoms. The Labute approximate surface area is 576 Å². The Hall–Kier alpha value is -2.99. The highest BCUT2D eigenvalue weighted by Crippen LogP contribution is 2.20. The summed E-state index contributed by atoms with van der Waals surface area (Å²) in [4.78, 5) is 61.7. The molecular weight excluding hydrogens is 1160 g/mol. The molecule has 2 amide bonds. The van der Waals surface area contributed by atoms with Gasteiger partial charge in [0.2, 0.25) is 11.8 Å². The van der Waals surface area contributed by atoms with Crippen molar-refractivity contribution in [3.8, 4) is 0 Å². The van der Waals surface area contributed by atoms with Gasteiger partial charge in [-0.2, -0.15) is 0 Å². The number of rotatable bonds is 74. The van der Waals surface area contributed by atoms with Crippen molar-refractivity contribution in [2.75, 3.05) is 33.5 Å². The van der Waals surface area contributed by atoms with Gasteiger partial charge in [0.05, 0.1) is 51.9 Å². The Morgan fingerprint density at radius 1 is 0.333 bits per heavy atom. The van der Waals surface area contributed by atoms with Crippen LogP contribution in [0.5, 0.6) is 0 Å². The number of ether oxygens (including phenoxy) is 5. The van der Waals surface area contributed by atoms with E-state index in [2.05, 4.69) is 52.2 Å². The summed E-state index contributed by atoms with van der Waals surface area (Å²) in [6.07, 6.45) is 71.3. The maximum atomic E-state index is 12.7. The van der Waals surface area contributed by atoms with Crippen molar-refractivity contribution in [3.05, 3.63) is 12.3 Å². The zero-order chi connectivity index (χ0) is 68.2. The third-order valence-electron chi connectivity index (χ3n) is 18.2. The summed E-state index contributed by atoms with van der Waals surface area (Å²) in [5, 5.41) is 6.09. The fraction of sp³-hybridized carbons (Fsp3) is 0.914. The van der Waals surface area contributed by atoms with Gasteiger partial charge >= 0.3 is 11.9 Å². The maximum Gasteiger partial charge on any atom is 0.306 e. The number of nitrogens with one attached hydrogen (secondary N) is 2. The zero-order valence-electron chi connectivity index (χ0n) is 62.7. The van der Waals surface area contributed by atoms with Gasteiger partial charge in [0, 0.05) is 44.9 Å². The number of aldehydes is 1. The van der Waals surface area contributed by atoms with Crippen molar-refractivity contribution in [3.63, 3.8) is 0 Å². The molecule has 550 valence electrons. The van der Waals surface area contributed by atoms with Crippen molar-refractivity contribution < 1.29 is 47.7 Å². The van der Waals surface area contributed by atoms with Crippen LogP contribution < -0.4 is 10.6 Å². The fourth-order valence-electron chi connectivity index (χ4n) is 12.1. The Morgan fingerprint density at radius 3 is 0.925 bits per heavy atom. The third kappa shape index (κ3) is 73.1. The van der Waals surface area contributed by atoms with Gasteiger partial charge in [-0.25, -0.2) is 0 Å². The summed E-state index contributed by atoms with van der Waals surface area (Å²) in [6, 6.07) is -0.545. The van der Waals surface area contributed by atoms with E-state index in [-0.39, 0.29) is 54.5 Å². The first-order valence-corrected chi connectivity index (χ1v) is 40.4. The Kier molecular flexibility index (Phi) is 77.2. The molecule has 0 aromatic rings. The molecule has 93 heavy (non-hydrogen) atoms. The first-order chi connectivity index (χ1) is 45.6. The number of methoxy groups -OCH3 is 1. The molecule has 0 aromatic carbocycles. The lowest BCUT2D eigenvalue weighted by Gasteiger charge is -2.20. The molecule has 0 aliphatic carbocycles. The SMILES string of the molecule is CCCCCCCCCCCCCC(=O)N[C@@H](/C=C\OC)COCC[C@@H](CCCCCCC)OC(=O)CCCCCCCCCCC.CCCCCCCCCCCCCC(=O)N[C@@H](CC=O)COCC[C@@H](CCCCCCC)OC(=O)CCCCCCCCCCC. The minimum absolute atomic E-state index is 0.00162. The first-order valence-electron chi connectivity index (χ1n) is 40.4. The van der Waals surface area contributed by atoms with E-state index in [1.54, 1.807) is 13.4 Å². The number of esters is 2. The second-order valence-electron chi connectivity index (χ2n) is 27.5. The molecule has 0 saturated heterocycles. The minimum Gasteiger partial charge on any atom is -0.505 e. The summed E-state index contributed by atoms with van der Waals surface area (Å²) in [7, 11) is 1.61. The molecule has 0 saturated carbocycles. The zero-order valence-corrected chi connectivity index (χ0v) is 62.7. The van der Waals surface area contributed by atoms with Crippen LogP contribution in [0.1, 0.15) is 420 Å². The lowest BCUT2D eigenvalue weighted by Crippen LogP contribution is -2.38. The maximum absolute atomic E-state index is 12.7. The van der Waals surface area contributed by atoms with Crippen LogP contribution in [-0.2, 0) is 47.7 Å². The second kappa shape index (κ2) is 78.0. The number of carbonyl (C=O) groups excluding carboxylic acids is 5. The largest absolute Gasteiger partial charge is 0.505 e. The van der Waals surface area contributed by atoms with E-state index >= 15 is 0 Å². The minimum atomic E-state index is -0.306. The van der Waals surface area contributed by atoms with Crippen LogP contribution in [0, 0.1) is 0 Å². The average Bonchev–Trinajstić information content (AvgIpc) is 3.76. The molecule has 0 aliphatic heterocycles. The average molecular weight is 1320 g/mol. The predicted molar refractivity (Wildman–Crippen MR) is 394 cm³/mol. The normalized spacial score (nSPS) is 12.7. The summed E-state index contributed by atoms with van der Waals surface area (Å²) in [6.45, 7) is 15.1. The summed E-state index contributed by atoms with van der Waals surface area (Å²) in [5.74, 6) is -0.0931. The van der Waals surface area contributed by atoms with Gasteiger partial charge in [0.1, 0.15) is 18.5 Å². The van der Waals surface area contributed by atoms with E-state index in [9.17, 15) is 24.0 Å². The molecule has 12 heteroatoms. The smallest absolute Gasteiger partial charge is 0.306 e.